The van der Waals surface area contributed by atoms with Crippen LogP contribution in [-0.4, -0.2) is 60.6 Å². The van der Waals surface area contributed by atoms with Gasteiger partial charge in [0.1, 0.15) is 5.60 Å². The molecule has 0 heterocycles. The highest BCUT2D eigenvalue weighted by molar-refractivity contribution is 5.79. The summed E-state index contributed by atoms with van der Waals surface area (Å²) >= 11 is 0. The molecule has 4 aliphatic rings. The van der Waals surface area contributed by atoms with Gasteiger partial charge < -0.3 is 26.0 Å². The summed E-state index contributed by atoms with van der Waals surface area (Å²) in [7, 11) is 0. The Hall–Kier alpha value is -2.09. The van der Waals surface area contributed by atoms with Crippen molar-refractivity contribution in [1.82, 2.24) is 15.5 Å². The minimum atomic E-state index is -0.571. The van der Waals surface area contributed by atoms with Crippen molar-refractivity contribution in [3.05, 3.63) is 11.6 Å². The zero-order valence-corrected chi connectivity index (χ0v) is 32.5. The number of nitrogens with zero attached hydrogens (tertiary/aromatic N) is 1. The Morgan fingerprint density at radius 3 is 2.35 bits per heavy atom. The van der Waals surface area contributed by atoms with Crippen molar-refractivity contribution in [2.75, 3.05) is 26.2 Å². The van der Waals surface area contributed by atoms with Gasteiger partial charge >= 0.3 is 6.09 Å². The van der Waals surface area contributed by atoms with E-state index in [4.69, 9.17) is 10.5 Å². The zero-order valence-electron chi connectivity index (χ0n) is 32.5. The van der Waals surface area contributed by atoms with Crippen LogP contribution in [-0.2, 0) is 14.3 Å². The Morgan fingerprint density at radius 1 is 0.939 bits per heavy atom. The third kappa shape index (κ3) is 9.83. The maximum Gasteiger partial charge on any atom is 0.410 e. The lowest BCUT2D eigenvalue weighted by Gasteiger charge is -2.59. The van der Waals surface area contributed by atoms with Gasteiger partial charge in [-0.1, -0.05) is 65.5 Å². The molecule has 280 valence electrons. The molecular formula is C41H72N4O4. The summed E-state index contributed by atoms with van der Waals surface area (Å²) in [6.45, 7) is 19.9. The molecule has 4 rings (SSSR count). The first kappa shape index (κ1) is 39.7. The lowest BCUT2D eigenvalue weighted by Crippen LogP contribution is -2.53. The monoisotopic (exact) mass is 685 g/mol. The first-order chi connectivity index (χ1) is 23.1. The smallest absolute Gasteiger partial charge is 0.410 e. The van der Waals surface area contributed by atoms with Gasteiger partial charge in [0.25, 0.3) is 0 Å². The number of hydrogen-bond donors (Lipinski definition) is 3. The third-order valence-electron chi connectivity index (χ3n) is 13.3. The number of hydrogen-bond acceptors (Lipinski definition) is 5. The zero-order chi connectivity index (χ0) is 36.0. The van der Waals surface area contributed by atoms with Gasteiger partial charge in [0, 0.05) is 45.1 Å². The van der Waals surface area contributed by atoms with Gasteiger partial charge in [-0.05, 0) is 125 Å². The molecule has 49 heavy (non-hydrogen) atoms. The molecule has 0 spiro atoms. The molecule has 0 aliphatic heterocycles. The molecule has 5 unspecified atom stereocenters. The van der Waals surface area contributed by atoms with Gasteiger partial charge in [-0.15, -0.1) is 0 Å². The Morgan fingerprint density at radius 2 is 1.65 bits per heavy atom. The lowest BCUT2D eigenvalue weighted by atomic mass is 9.46. The van der Waals surface area contributed by atoms with Crippen molar-refractivity contribution in [2.45, 2.75) is 157 Å². The van der Waals surface area contributed by atoms with Crippen molar-refractivity contribution in [2.24, 2.45) is 52.1 Å². The summed E-state index contributed by atoms with van der Waals surface area (Å²) < 4.78 is 5.93. The van der Waals surface area contributed by atoms with Crippen LogP contribution in [0.25, 0.3) is 0 Å². The van der Waals surface area contributed by atoms with E-state index in [9.17, 15) is 14.4 Å². The quantitative estimate of drug-likeness (QED) is 0.120. The molecule has 3 fully saturated rings. The van der Waals surface area contributed by atoms with Gasteiger partial charge in [0.15, 0.2) is 0 Å². The number of rotatable bonds is 15. The Balaban J connectivity index is 1.37. The summed E-state index contributed by atoms with van der Waals surface area (Å²) in [5.41, 5.74) is 7.11. The molecule has 0 aromatic carbocycles. The number of nitrogens with one attached hydrogen (secondary N) is 2. The summed E-state index contributed by atoms with van der Waals surface area (Å²) in [5, 5.41) is 5.68. The first-order valence-electron chi connectivity index (χ1n) is 20.0. The van der Waals surface area contributed by atoms with Crippen molar-refractivity contribution >= 4 is 17.9 Å². The largest absolute Gasteiger partial charge is 0.444 e. The van der Waals surface area contributed by atoms with Gasteiger partial charge in [-0.25, -0.2) is 4.79 Å². The number of nitrogens with two attached hydrogens (primary N) is 1. The van der Waals surface area contributed by atoms with E-state index in [1.165, 1.54) is 51.4 Å². The topological polar surface area (TPSA) is 114 Å². The maximum absolute atomic E-state index is 13.6. The van der Waals surface area contributed by atoms with Crippen LogP contribution in [0.4, 0.5) is 4.79 Å². The average molecular weight is 685 g/mol. The van der Waals surface area contributed by atoms with Crippen LogP contribution in [0.15, 0.2) is 11.6 Å². The molecular weight excluding hydrogens is 612 g/mol. The molecule has 0 saturated heterocycles. The second-order valence-electron chi connectivity index (χ2n) is 18.2. The van der Waals surface area contributed by atoms with E-state index in [2.05, 4.69) is 51.3 Å². The van der Waals surface area contributed by atoms with Crippen LogP contribution in [0.1, 0.15) is 145 Å². The van der Waals surface area contributed by atoms with Crippen LogP contribution < -0.4 is 16.4 Å². The molecule has 8 atom stereocenters. The van der Waals surface area contributed by atoms with Crippen LogP contribution >= 0.6 is 0 Å². The van der Waals surface area contributed by atoms with Gasteiger partial charge in [-0.2, -0.15) is 0 Å². The second kappa shape index (κ2) is 17.0. The Kier molecular flexibility index (Phi) is 13.7. The van der Waals surface area contributed by atoms with Crippen molar-refractivity contribution in [3.63, 3.8) is 0 Å². The van der Waals surface area contributed by atoms with Gasteiger partial charge in [0.05, 0.1) is 0 Å². The molecule has 4 aliphatic carbocycles. The highest BCUT2D eigenvalue weighted by atomic mass is 16.6. The normalized spacial score (nSPS) is 31.6. The standard InChI is InChI=1S/C41H72N4O4/c1-28(2)11-9-12-29(3)33-15-16-34-32-14-13-30-27-31(17-21-40(30,7)35(32)18-22-41(33,34)8)45(38(48)49-39(4,5)6)26-10-24-43-37(47)20-25-44-36(46)19-23-42/h13,28-29,31-35H,9-12,14-27,42H2,1-8H3,(H,43,47)(H,44,46)/t29-,31+,32?,33?,34+,35?,40?,41?/m1/s1. The number of fused-ring (bicyclic) bond motifs is 5. The number of amides is 3. The van der Waals surface area contributed by atoms with E-state index >= 15 is 0 Å². The third-order valence-corrected chi connectivity index (χ3v) is 13.3. The summed E-state index contributed by atoms with van der Waals surface area (Å²) in [4.78, 5) is 39.5. The first-order valence-corrected chi connectivity index (χ1v) is 20.0. The predicted octanol–water partition coefficient (Wildman–Crippen LogP) is 7.99. The van der Waals surface area contributed by atoms with Crippen molar-refractivity contribution in [1.29, 1.82) is 0 Å². The van der Waals surface area contributed by atoms with Gasteiger partial charge in [-0.3, -0.25) is 9.59 Å². The van der Waals surface area contributed by atoms with E-state index in [1.54, 1.807) is 5.57 Å². The van der Waals surface area contributed by atoms with E-state index in [-0.39, 0.29) is 42.2 Å². The van der Waals surface area contributed by atoms with E-state index < -0.39 is 5.60 Å². The van der Waals surface area contributed by atoms with Crippen LogP contribution in [0.5, 0.6) is 0 Å². The molecule has 4 N–H and O–H groups in total. The fourth-order valence-electron chi connectivity index (χ4n) is 10.8. The van der Waals surface area contributed by atoms with Crippen LogP contribution in [0, 0.1) is 46.3 Å². The number of carbonyl (C=O) groups excluding carboxylic acids is 3. The van der Waals surface area contributed by atoms with E-state index in [0.717, 1.165) is 54.8 Å². The molecule has 3 saturated carbocycles. The number of allylic oxidation sites excluding steroid dienone is 1. The minimum absolute atomic E-state index is 0.107. The van der Waals surface area contributed by atoms with E-state index in [1.807, 2.05) is 25.7 Å². The summed E-state index contributed by atoms with van der Waals surface area (Å²) in [6.07, 6.45) is 17.4. The molecule has 0 aromatic rings. The Labute approximate surface area is 298 Å². The number of carbonyl (C=O) groups is 3. The fraction of sp³-hybridized carbons (Fsp3) is 0.878. The predicted molar refractivity (Wildman–Crippen MR) is 199 cm³/mol. The molecule has 0 radical (unpaired) electrons. The lowest BCUT2D eigenvalue weighted by molar-refractivity contribution is -0.122. The van der Waals surface area contributed by atoms with Crippen LogP contribution in [0.3, 0.4) is 0 Å². The fourth-order valence-corrected chi connectivity index (χ4v) is 10.8. The molecule has 0 aromatic heterocycles. The molecule has 0 bridgehead atoms. The van der Waals surface area contributed by atoms with Crippen LogP contribution in [0.2, 0.25) is 0 Å². The summed E-state index contributed by atoms with van der Waals surface area (Å²) in [6, 6.07) is 0.107. The van der Waals surface area contributed by atoms with Gasteiger partial charge in [0.2, 0.25) is 11.8 Å². The van der Waals surface area contributed by atoms with Crippen molar-refractivity contribution < 1.29 is 19.1 Å². The van der Waals surface area contributed by atoms with Crippen molar-refractivity contribution in [3.8, 4) is 0 Å². The molecule has 8 heteroatoms. The SMILES string of the molecule is CC(C)CCC[C@@H](C)C1CC[C@H]2C3CC=C4C[C@@H](N(CCCNC(=O)CCNC(=O)CCN)C(=O)OC(C)(C)C)CCC4(C)C3CCC12C. The second-order valence-corrected chi connectivity index (χ2v) is 18.2. The van der Waals surface area contributed by atoms with E-state index in [0.29, 0.717) is 38.0 Å². The minimum Gasteiger partial charge on any atom is -0.444 e. The summed E-state index contributed by atoms with van der Waals surface area (Å²) in [5.74, 6) is 4.63. The average Bonchev–Trinajstić information content (AvgIpc) is 3.37. The Bertz CT molecular complexity index is 1160. The molecule has 8 nitrogen and oxygen atoms in total. The molecule has 3 amide bonds. The highest BCUT2D eigenvalue weighted by Crippen LogP contribution is 2.67. The maximum atomic E-state index is 13.6. The highest BCUT2D eigenvalue weighted by Gasteiger charge is 2.59. The number of ether oxygens (including phenoxy) is 1.